The van der Waals surface area contributed by atoms with Gasteiger partial charge in [-0.2, -0.15) is 0 Å². The largest absolute Gasteiger partial charge is 0.373 e. The van der Waals surface area contributed by atoms with Crippen LogP contribution in [0.2, 0.25) is 0 Å². The number of piperidine rings is 1. The first-order chi connectivity index (χ1) is 14.7. The maximum absolute atomic E-state index is 12.3. The Balaban J connectivity index is 1.06. The second kappa shape index (κ2) is 8.50. The molecule has 5 rings (SSSR count). The average molecular weight is 406 g/mol. The number of nitrogens with one attached hydrogen (secondary N) is 2. The Morgan fingerprint density at radius 1 is 1.03 bits per heavy atom. The molecule has 2 heterocycles. The first-order valence-electron chi connectivity index (χ1n) is 11.2. The van der Waals surface area contributed by atoms with Crippen LogP contribution in [0.5, 0.6) is 0 Å². The number of ether oxygens (including phenoxy) is 1. The van der Waals surface area contributed by atoms with E-state index in [1.165, 1.54) is 12.0 Å². The van der Waals surface area contributed by atoms with Gasteiger partial charge < -0.3 is 15.4 Å². The first-order valence-corrected chi connectivity index (χ1v) is 11.2. The topological polar surface area (TPSA) is 53.6 Å². The zero-order valence-corrected chi connectivity index (χ0v) is 17.4. The van der Waals surface area contributed by atoms with Gasteiger partial charge in [-0.3, -0.25) is 9.69 Å². The number of amides is 1. The van der Waals surface area contributed by atoms with E-state index < -0.39 is 0 Å². The van der Waals surface area contributed by atoms with Gasteiger partial charge in [0.15, 0.2) is 0 Å². The number of anilines is 1. The van der Waals surface area contributed by atoms with Crippen molar-refractivity contribution in [2.75, 3.05) is 31.6 Å². The molecular weight excluding hydrogens is 374 g/mol. The standard InChI is InChI=1S/C25H31N3O2/c29-24(27-20-9-5-2-6-10-20)17-28-13-11-25(12-14-28)16-21(18-30-25)26-23-15-22(23)19-7-3-1-4-8-19/h1-10,21-23,26H,11-18H2,(H,27,29). The number of carbonyl (C=O) groups is 1. The molecule has 158 valence electrons. The van der Waals surface area contributed by atoms with E-state index in [1.807, 2.05) is 30.3 Å². The van der Waals surface area contributed by atoms with E-state index in [1.54, 1.807) is 0 Å². The van der Waals surface area contributed by atoms with Crippen LogP contribution in [0, 0.1) is 0 Å². The van der Waals surface area contributed by atoms with Crippen molar-refractivity contribution in [3.63, 3.8) is 0 Å². The molecule has 5 nitrogen and oxygen atoms in total. The van der Waals surface area contributed by atoms with E-state index in [0.29, 0.717) is 24.5 Å². The lowest BCUT2D eigenvalue weighted by atomic mass is 9.87. The van der Waals surface area contributed by atoms with Crippen molar-refractivity contribution >= 4 is 11.6 Å². The van der Waals surface area contributed by atoms with Gasteiger partial charge in [0.25, 0.3) is 0 Å². The van der Waals surface area contributed by atoms with Crippen LogP contribution in [0.15, 0.2) is 60.7 Å². The van der Waals surface area contributed by atoms with Crippen LogP contribution in [-0.4, -0.2) is 54.7 Å². The maximum atomic E-state index is 12.3. The van der Waals surface area contributed by atoms with Crippen LogP contribution in [0.3, 0.4) is 0 Å². The highest BCUT2D eigenvalue weighted by Crippen LogP contribution is 2.43. The third-order valence-electron chi connectivity index (χ3n) is 6.87. The van der Waals surface area contributed by atoms with Crippen molar-refractivity contribution < 1.29 is 9.53 Å². The van der Waals surface area contributed by atoms with Gasteiger partial charge in [-0.1, -0.05) is 48.5 Å². The van der Waals surface area contributed by atoms with E-state index in [9.17, 15) is 4.79 Å². The summed E-state index contributed by atoms with van der Waals surface area (Å²) in [4.78, 5) is 14.6. The molecule has 0 aromatic heterocycles. The summed E-state index contributed by atoms with van der Waals surface area (Å²) < 4.78 is 6.32. The highest BCUT2D eigenvalue weighted by molar-refractivity contribution is 5.92. The molecule has 2 aromatic carbocycles. The van der Waals surface area contributed by atoms with Crippen LogP contribution in [-0.2, 0) is 9.53 Å². The van der Waals surface area contributed by atoms with Crippen molar-refractivity contribution in [2.24, 2.45) is 0 Å². The van der Waals surface area contributed by atoms with Crippen LogP contribution < -0.4 is 10.6 Å². The number of para-hydroxylation sites is 1. The predicted molar refractivity (Wildman–Crippen MR) is 119 cm³/mol. The molecule has 3 fully saturated rings. The van der Waals surface area contributed by atoms with Gasteiger partial charge in [0, 0.05) is 36.8 Å². The third kappa shape index (κ3) is 4.59. The summed E-state index contributed by atoms with van der Waals surface area (Å²) >= 11 is 0. The number of hydrogen-bond donors (Lipinski definition) is 2. The Hall–Kier alpha value is -2.21. The molecule has 1 saturated carbocycles. The monoisotopic (exact) mass is 405 g/mol. The molecule has 2 saturated heterocycles. The van der Waals surface area contributed by atoms with Crippen molar-refractivity contribution in [3.05, 3.63) is 66.2 Å². The number of hydrogen-bond acceptors (Lipinski definition) is 4. The Bertz CT molecular complexity index is 849. The number of rotatable bonds is 6. The molecule has 30 heavy (non-hydrogen) atoms. The molecule has 1 amide bonds. The van der Waals surface area contributed by atoms with E-state index in [-0.39, 0.29) is 11.5 Å². The number of likely N-dealkylation sites (tertiary alicyclic amines) is 1. The summed E-state index contributed by atoms with van der Waals surface area (Å²) in [5, 5.41) is 6.82. The van der Waals surface area contributed by atoms with Crippen LogP contribution >= 0.6 is 0 Å². The van der Waals surface area contributed by atoms with Gasteiger partial charge in [0.05, 0.1) is 18.8 Å². The van der Waals surface area contributed by atoms with E-state index in [4.69, 9.17) is 4.74 Å². The lowest BCUT2D eigenvalue weighted by Crippen LogP contribution is -2.47. The molecule has 0 radical (unpaired) electrons. The molecule has 3 aliphatic rings. The van der Waals surface area contributed by atoms with Crippen LogP contribution in [0.4, 0.5) is 5.69 Å². The molecule has 1 aliphatic carbocycles. The molecule has 5 heteroatoms. The quantitative estimate of drug-likeness (QED) is 0.774. The maximum Gasteiger partial charge on any atom is 0.238 e. The number of benzene rings is 2. The Morgan fingerprint density at radius 3 is 2.47 bits per heavy atom. The second-order valence-corrected chi connectivity index (χ2v) is 9.11. The fourth-order valence-corrected chi connectivity index (χ4v) is 5.09. The summed E-state index contributed by atoms with van der Waals surface area (Å²) in [7, 11) is 0. The van der Waals surface area contributed by atoms with Crippen molar-refractivity contribution in [1.29, 1.82) is 0 Å². The van der Waals surface area contributed by atoms with E-state index in [2.05, 4.69) is 45.9 Å². The van der Waals surface area contributed by atoms with Crippen LogP contribution in [0.25, 0.3) is 0 Å². The van der Waals surface area contributed by atoms with E-state index in [0.717, 1.165) is 44.6 Å². The summed E-state index contributed by atoms with van der Waals surface area (Å²) in [6, 6.07) is 21.5. The highest BCUT2D eigenvalue weighted by Gasteiger charge is 2.46. The normalized spacial score (nSPS) is 27.8. The lowest BCUT2D eigenvalue weighted by Gasteiger charge is -2.38. The lowest BCUT2D eigenvalue weighted by molar-refractivity contribution is -0.118. The minimum Gasteiger partial charge on any atom is -0.373 e. The molecule has 2 N–H and O–H groups in total. The van der Waals surface area contributed by atoms with Crippen molar-refractivity contribution in [1.82, 2.24) is 10.2 Å². The zero-order chi connectivity index (χ0) is 20.4. The minimum atomic E-state index is 0.00120. The van der Waals surface area contributed by atoms with E-state index >= 15 is 0 Å². The Morgan fingerprint density at radius 2 is 1.73 bits per heavy atom. The van der Waals surface area contributed by atoms with Crippen molar-refractivity contribution in [3.8, 4) is 0 Å². The first kappa shape index (κ1) is 19.7. The SMILES string of the molecule is O=C(CN1CCC2(CC1)CC(NC1CC1c1ccccc1)CO2)Nc1ccccc1. The zero-order valence-electron chi connectivity index (χ0n) is 17.4. The molecule has 2 aromatic rings. The fraction of sp³-hybridized carbons (Fsp3) is 0.480. The van der Waals surface area contributed by atoms with Crippen molar-refractivity contribution in [2.45, 2.75) is 49.3 Å². The second-order valence-electron chi connectivity index (χ2n) is 9.11. The van der Waals surface area contributed by atoms with Gasteiger partial charge in [0.2, 0.25) is 5.91 Å². The average Bonchev–Trinajstić information content (AvgIpc) is 3.43. The molecular formula is C25H31N3O2. The Labute approximate surface area is 178 Å². The summed E-state index contributed by atoms with van der Waals surface area (Å²) in [5.41, 5.74) is 2.31. The fourth-order valence-electron chi connectivity index (χ4n) is 5.09. The minimum absolute atomic E-state index is 0.00120. The molecule has 3 atom stereocenters. The highest BCUT2D eigenvalue weighted by atomic mass is 16.5. The third-order valence-corrected chi connectivity index (χ3v) is 6.87. The van der Waals surface area contributed by atoms with Crippen LogP contribution in [0.1, 0.15) is 37.2 Å². The predicted octanol–water partition coefficient (Wildman–Crippen LogP) is 3.39. The van der Waals surface area contributed by atoms with Gasteiger partial charge in [0.1, 0.15) is 0 Å². The van der Waals surface area contributed by atoms with Gasteiger partial charge in [-0.25, -0.2) is 0 Å². The van der Waals surface area contributed by atoms with Gasteiger partial charge in [-0.05, 0) is 43.4 Å². The smallest absolute Gasteiger partial charge is 0.238 e. The number of nitrogens with zero attached hydrogens (tertiary/aromatic N) is 1. The molecule has 1 spiro atoms. The summed E-state index contributed by atoms with van der Waals surface area (Å²) in [5.74, 6) is 0.720. The molecule has 2 aliphatic heterocycles. The number of carbonyl (C=O) groups excluding carboxylic acids is 1. The molecule has 3 unspecified atom stereocenters. The Kier molecular flexibility index (Phi) is 5.59. The summed E-state index contributed by atoms with van der Waals surface area (Å²) in [6.45, 7) is 3.11. The summed E-state index contributed by atoms with van der Waals surface area (Å²) in [6.07, 6.45) is 4.35. The van der Waals surface area contributed by atoms with Gasteiger partial charge in [-0.15, -0.1) is 0 Å². The molecule has 0 bridgehead atoms. The van der Waals surface area contributed by atoms with Gasteiger partial charge >= 0.3 is 0 Å².